The summed E-state index contributed by atoms with van der Waals surface area (Å²) in [7, 11) is 0. The molecule has 0 saturated heterocycles. The first kappa shape index (κ1) is 25.9. The second kappa shape index (κ2) is 11.8. The number of carbonyl (C=O) groups excluding carboxylic acids is 1. The minimum absolute atomic E-state index is 0.0363. The van der Waals surface area contributed by atoms with Gasteiger partial charge in [0.15, 0.2) is 12.4 Å². The van der Waals surface area contributed by atoms with E-state index in [9.17, 15) is 4.79 Å². The summed E-state index contributed by atoms with van der Waals surface area (Å²) in [4.78, 5) is 21.7. The largest absolute Gasteiger partial charge is 0.484 e. The third-order valence-corrected chi connectivity index (χ3v) is 8.51. The minimum Gasteiger partial charge on any atom is -0.484 e. The van der Waals surface area contributed by atoms with Crippen LogP contribution in [0.3, 0.4) is 0 Å². The van der Waals surface area contributed by atoms with Gasteiger partial charge in [0, 0.05) is 46.1 Å². The van der Waals surface area contributed by atoms with E-state index in [1.165, 1.54) is 0 Å². The van der Waals surface area contributed by atoms with Crippen LogP contribution < -0.4 is 15.4 Å². The Balaban J connectivity index is 1.36. The highest BCUT2D eigenvalue weighted by atomic mass is 127. The van der Waals surface area contributed by atoms with Gasteiger partial charge in [-0.2, -0.15) is 16.9 Å². The Labute approximate surface area is 234 Å². The Hall–Kier alpha value is -2.69. The molecule has 0 fully saturated rings. The van der Waals surface area contributed by atoms with Gasteiger partial charge in [-0.15, -0.1) is 0 Å². The molecule has 0 saturated carbocycles. The molecule has 0 bridgehead atoms. The number of amides is 1. The zero-order chi connectivity index (χ0) is 25.8. The zero-order valence-corrected chi connectivity index (χ0v) is 24.3. The molecule has 4 aromatic rings. The van der Waals surface area contributed by atoms with Gasteiger partial charge >= 0.3 is 0 Å². The lowest BCUT2D eigenvalue weighted by Crippen LogP contribution is -2.34. The molecule has 5 rings (SSSR count). The number of aromatic nitrogens is 4. The van der Waals surface area contributed by atoms with E-state index in [4.69, 9.17) is 14.7 Å². The Morgan fingerprint density at radius 2 is 1.97 bits per heavy atom. The standard InChI is InChI=1S/C26H26IN6O2PS/c1-16(2)29-24(34)13-35-21-5-3-4-18(10-21)25-31-23-15-37-14-22(23)26(32-25)30-20-8-6-17(7-9-20)19-11-28-33(12-19)36-27/h3-12,16,36H,13-15H2,1-2H3,(H,29,34)(H,30,31,32). The van der Waals surface area contributed by atoms with Gasteiger partial charge in [0.05, 0.1) is 18.3 Å². The fraction of sp³-hybridized carbons (Fsp3) is 0.231. The third-order valence-electron chi connectivity index (χ3n) is 5.64. The lowest BCUT2D eigenvalue weighted by Gasteiger charge is -2.13. The van der Waals surface area contributed by atoms with E-state index >= 15 is 0 Å². The SMILES string of the molecule is CC(C)NC(=O)COc1cccc(-c2nc3c(c(Nc4ccc(-c5cnn(PI)c5)cc4)n2)CSC3)c1. The lowest BCUT2D eigenvalue weighted by atomic mass is 10.1. The van der Waals surface area contributed by atoms with Crippen LogP contribution in [0.2, 0.25) is 0 Å². The van der Waals surface area contributed by atoms with E-state index in [0.717, 1.165) is 51.0 Å². The summed E-state index contributed by atoms with van der Waals surface area (Å²) < 4.78 is 7.65. The number of hydrogen-bond acceptors (Lipinski definition) is 7. The molecular weight excluding hydrogens is 618 g/mol. The van der Waals surface area contributed by atoms with Crippen LogP contribution in [0.5, 0.6) is 5.75 Å². The number of thioether (sulfide) groups is 1. The van der Waals surface area contributed by atoms with Crippen LogP contribution in [0.1, 0.15) is 25.1 Å². The lowest BCUT2D eigenvalue weighted by molar-refractivity contribution is -0.123. The molecule has 2 aromatic carbocycles. The molecule has 1 atom stereocenters. The summed E-state index contributed by atoms with van der Waals surface area (Å²) in [6, 6.07) is 15.9. The second-order valence-electron chi connectivity index (χ2n) is 8.81. The van der Waals surface area contributed by atoms with Crippen LogP contribution in [0.15, 0.2) is 60.9 Å². The number of fused-ring (bicyclic) bond motifs is 1. The topological polar surface area (TPSA) is 94.0 Å². The van der Waals surface area contributed by atoms with E-state index < -0.39 is 0 Å². The van der Waals surface area contributed by atoms with E-state index in [0.29, 0.717) is 17.9 Å². The molecule has 1 aliphatic heterocycles. The summed E-state index contributed by atoms with van der Waals surface area (Å²) in [6.45, 7) is 3.80. The molecule has 8 nitrogen and oxygen atoms in total. The number of benzene rings is 2. The van der Waals surface area contributed by atoms with Crippen molar-refractivity contribution in [3.63, 3.8) is 0 Å². The molecular formula is C26H26IN6O2PS. The molecule has 1 aliphatic rings. The maximum atomic E-state index is 12.0. The van der Waals surface area contributed by atoms with Crippen LogP contribution in [-0.2, 0) is 16.3 Å². The van der Waals surface area contributed by atoms with Gasteiger partial charge in [0.2, 0.25) is 0 Å². The molecule has 2 aromatic heterocycles. The highest BCUT2D eigenvalue weighted by Gasteiger charge is 2.21. The van der Waals surface area contributed by atoms with E-state index in [1.807, 2.05) is 60.5 Å². The van der Waals surface area contributed by atoms with Crippen molar-refractivity contribution in [3.05, 3.63) is 72.2 Å². The molecule has 190 valence electrons. The first-order valence-corrected chi connectivity index (χ1v) is 17.0. The van der Waals surface area contributed by atoms with Gasteiger partial charge in [0.25, 0.3) is 5.91 Å². The van der Waals surface area contributed by atoms with Crippen molar-refractivity contribution in [3.8, 4) is 28.3 Å². The number of nitrogens with one attached hydrogen (secondary N) is 2. The number of carbonyl (C=O) groups is 1. The molecule has 0 radical (unpaired) electrons. The number of halogens is 1. The zero-order valence-electron chi connectivity index (χ0n) is 20.4. The Morgan fingerprint density at radius 1 is 1.14 bits per heavy atom. The van der Waals surface area contributed by atoms with Crippen molar-refractivity contribution in [2.24, 2.45) is 0 Å². The van der Waals surface area contributed by atoms with Crippen LogP contribution >= 0.6 is 40.2 Å². The van der Waals surface area contributed by atoms with Gasteiger partial charge in [-0.25, -0.2) is 14.4 Å². The van der Waals surface area contributed by atoms with Crippen LogP contribution in [-0.4, -0.2) is 38.1 Å². The van der Waals surface area contributed by atoms with Gasteiger partial charge in [0.1, 0.15) is 11.6 Å². The average molecular weight is 644 g/mol. The van der Waals surface area contributed by atoms with Crippen LogP contribution in [0.4, 0.5) is 11.5 Å². The number of anilines is 2. The van der Waals surface area contributed by atoms with Gasteiger partial charge in [-0.1, -0.05) is 24.3 Å². The fourth-order valence-corrected chi connectivity index (χ4v) is 6.04. The Kier molecular flexibility index (Phi) is 8.26. The second-order valence-corrected chi connectivity index (χ2v) is 11.9. The predicted molar refractivity (Wildman–Crippen MR) is 160 cm³/mol. The van der Waals surface area contributed by atoms with Crippen molar-refractivity contribution in [1.29, 1.82) is 0 Å². The van der Waals surface area contributed by atoms with Gasteiger partial charge < -0.3 is 15.4 Å². The summed E-state index contributed by atoms with van der Waals surface area (Å²) in [5, 5.41) is 10.7. The van der Waals surface area contributed by atoms with Gasteiger partial charge in [-0.05, 0) is 65.7 Å². The monoisotopic (exact) mass is 644 g/mol. The Morgan fingerprint density at radius 3 is 2.73 bits per heavy atom. The summed E-state index contributed by atoms with van der Waals surface area (Å²) in [5.74, 6) is 3.63. The summed E-state index contributed by atoms with van der Waals surface area (Å²) in [5.41, 5.74) is 6.20. The quantitative estimate of drug-likeness (QED) is 0.166. The molecule has 11 heteroatoms. The fourth-order valence-electron chi connectivity index (χ4n) is 3.92. The Bertz CT molecular complexity index is 1410. The van der Waals surface area contributed by atoms with E-state index in [1.54, 1.807) is 0 Å². The van der Waals surface area contributed by atoms with Gasteiger partial charge in [-0.3, -0.25) is 4.79 Å². The average Bonchev–Trinajstić information content (AvgIpc) is 3.58. The number of rotatable bonds is 9. The van der Waals surface area contributed by atoms with Crippen molar-refractivity contribution in [1.82, 2.24) is 24.8 Å². The molecule has 2 N–H and O–H groups in total. The maximum Gasteiger partial charge on any atom is 0.258 e. The van der Waals surface area contributed by atoms with E-state index in [-0.39, 0.29) is 18.6 Å². The molecule has 0 spiro atoms. The summed E-state index contributed by atoms with van der Waals surface area (Å²) in [6.07, 6.45) is 4.53. The number of nitrogens with zero attached hydrogens (tertiary/aromatic N) is 4. The predicted octanol–water partition coefficient (Wildman–Crippen LogP) is 6.19. The van der Waals surface area contributed by atoms with Crippen molar-refractivity contribution >= 4 is 57.6 Å². The van der Waals surface area contributed by atoms with Crippen LogP contribution in [0, 0.1) is 0 Å². The highest BCUT2D eigenvalue weighted by molar-refractivity contribution is 14.2. The molecule has 37 heavy (non-hydrogen) atoms. The van der Waals surface area contributed by atoms with Crippen molar-refractivity contribution in [2.75, 3.05) is 11.9 Å². The third kappa shape index (κ3) is 6.42. The van der Waals surface area contributed by atoms with Crippen molar-refractivity contribution < 1.29 is 9.53 Å². The number of hydrogen-bond donors (Lipinski definition) is 2. The van der Waals surface area contributed by atoms with Crippen molar-refractivity contribution in [2.45, 2.75) is 31.4 Å². The maximum absolute atomic E-state index is 12.0. The minimum atomic E-state index is -0.150. The van der Waals surface area contributed by atoms with Crippen LogP contribution in [0.25, 0.3) is 22.5 Å². The normalized spacial score (nSPS) is 12.8. The molecule has 1 unspecified atom stereocenters. The molecule has 1 amide bonds. The first-order chi connectivity index (χ1) is 18.0. The van der Waals surface area contributed by atoms with E-state index in [2.05, 4.69) is 68.2 Å². The highest BCUT2D eigenvalue weighted by Crippen LogP contribution is 2.36. The smallest absolute Gasteiger partial charge is 0.258 e. The number of ether oxygens (including phenoxy) is 1. The summed E-state index contributed by atoms with van der Waals surface area (Å²) >= 11 is 4.15. The first-order valence-electron chi connectivity index (χ1n) is 11.8. The molecule has 3 heterocycles. The molecule has 0 aliphatic carbocycles.